The third-order valence-electron chi connectivity index (χ3n) is 9.34. The third kappa shape index (κ3) is 10.6. The Bertz CT molecular complexity index is 3340. The number of benzene rings is 4. The lowest BCUT2D eigenvalue weighted by Gasteiger charge is -2.29. The van der Waals surface area contributed by atoms with Crippen LogP contribution >= 0.6 is 0 Å². The summed E-state index contributed by atoms with van der Waals surface area (Å²) in [5, 5.41) is 26.8. The van der Waals surface area contributed by atoms with Crippen molar-refractivity contribution in [2.24, 2.45) is 20.5 Å². The van der Waals surface area contributed by atoms with E-state index in [0.29, 0.717) is 12.4 Å². The lowest BCUT2D eigenvalue weighted by molar-refractivity contribution is -0.698. The molecule has 0 aliphatic rings. The molecule has 5 rings (SSSR count). The number of nitrogens with one attached hydrogen (secondary N) is 1. The normalized spacial score (nSPS) is 14.7. The lowest BCUT2D eigenvalue weighted by atomic mass is 10.1. The van der Waals surface area contributed by atoms with E-state index in [4.69, 9.17) is 10.3 Å². The van der Waals surface area contributed by atoms with Crippen molar-refractivity contribution in [1.29, 1.82) is 0 Å². The van der Waals surface area contributed by atoms with Crippen LogP contribution < -0.4 is 15.6 Å². The molecule has 0 aliphatic carbocycles. The minimum Gasteiger partial charge on any atom is -0.505 e. The fourth-order valence-electron chi connectivity index (χ4n) is 5.75. The zero-order valence-corrected chi connectivity index (χ0v) is 37.0. The van der Waals surface area contributed by atoms with E-state index in [1.54, 1.807) is 0 Å². The van der Waals surface area contributed by atoms with Gasteiger partial charge in [0, 0.05) is 29.3 Å². The Morgan fingerprint density at radius 3 is 2.09 bits per heavy atom. The zero-order chi connectivity index (χ0) is 47.7. The van der Waals surface area contributed by atoms with Crippen LogP contribution in [-0.4, -0.2) is 84.0 Å². The predicted octanol–water partition coefficient (Wildman–Crippen LogP) is 3.81. The molecule has 7 N–H and O–H groups in total. The van der Waals surface area contributed by atoms with Crippen molar-refractivity contribution in [2.75, 3.05) is 5.73 Å². The van der Waals surface area contributed by atoms with Crippen LogP contribution in [0, 0.1) is 0 Å². The number of hydrogen-bond donors (Lipinski definition) is 7. The van der Waals surface area contributed by atoms with Crippen LogP contribution in [0.4, 0.5) is 28.4 Å². The van der Waals surface area contributed by atoms with Gasteiger partial charge in [-0.1, -0.05) is 6.07 Å². The summed E-state index contributed by atoms with van der Waals surface area (Å²) in [7, 11) is -23.7. The fourth-order valence-corrected chi connectivity index (χ4v) is 9.67. The Kier molecular flexibility index (Phi) is 13.8. The van der Waals surface area contributed by atoms with Crippen molar-refractivity contribution in [3.05, 3.63) is 96.3 Å². The van der Waals surface area contributed by atoms with Crippen LogP contribution in [0.5, 0.6) is 5.75 Å². The summed E-state index contributed by atoms with van der Waals surface area (Å²) in [5.74, 6) is -2.06. The molecule has 0 fully saturated rings. The van der Waals surface area contributed by atoms with Crippen molar-refractivity contribution in [2.45, 2.75) is 51.8 Å². The number of rotatable bonds is 16. The van der Waals surface area contributed by atoms with Gasteiger partial charge in [0.1, 0.15) is 33.0 Å². The molecule has 0 spiro atoms. The zero-order valence-electron chi connectivity index (χ0n) is 32.8. The van der Waals surface area contributed by atoms with E-state index in [-0.39, 0.29) is 33.3 Å². The molecule has 1 heterocycles. The Balaban J connectivity index is 1.55. The summed E-state index contributed by atoms with van der Waals surface area (Å²) in [6, 6.07) is 13.1. The largest absolute Gasteiger partial charge is 0.505 e. The standard InChI is InChI=1S/C35H33N7O17S5/c1-19(59-64(56,57)58)35(3,60(46)47)37-34(45)22-7-4-8-23(14-22)38-41-32-30(63(53,54)55)16-26-25(33(32)44)10-11-27(36)31(26)40-39-28-12-9-24(15-29(28)62(50,51)52)61(48,49)20(2)42-13-5-6-21(17-42)18-43/h4-20,60H,1-3H3,(H6-,36,37,38,39,44,45,50,51,52,53,54,55,56,57,58)/p+1. The minimum atomic E-state index is -5.30. The van der Waals surface area contributed by atoms with E-state index in [0.717, 1.165) is 44.2 Å². The number of aromatic nitrogens is 1. The molecule has 0 saturated heterocycles. The first-order chi connectivity index (χ1) is 29.6. The number of nitrogens with zero attached hydrogens (tertiary/aromatic N) is 5. The molecule has 4 aromatic carbocycles. The molecule has 340 valence electrons. The number of phenols is 1. The van der Waals surface area contributed by atoms with E-state index in [1.807, 2.05) is 0 Å². The fraction of sp³-hybridized carbons (Fsp3) is 0.171. The lowest BCUT2D eigenvalue weighted by Crippen LogP contribution is -2.55. The number of carbonyl (C=O) groups excluding carboxylic acids is 2. The van der Waals surface area contributed by atoms with Crippen molar-refractivity contribution in [3.8, 4) is 5.75 Å². The molecule has 0 bridgehead atoms. The number of nitrogens with two attached hydrogens (primary N) is 1. The van der Waals surface area contributed by atoms with Crippen LogP contribution in [0.25, 0.3) is 10.8 Å². The van der Waals surface area contributed by atoms with E-state index in [2.05, 4.69) is 30.0 Å². The van der Waals surface area contributed by atoms with Gasteiger partial charge in [-0.2, -0.15) is 34.9 Å². The molecule has 5 aromatic rings. The van der Waals surface area contributed by atoms with Gasteiger partial charge in [0.2, 0.25) is 9.84 Å². The molecular weight excluding hydrogens is 951 g/mol. The number of anilines is 1. The number of pyridine rings is 1. The Labute approximate surface area is 365 Å². The maximum absolute atomic E-state index is 13.5. The van der Waals surface area contributed by atoms with Crippen LogP contribution in [0.15, 0.2) is 120 Å². The second-order valence-corrected chi connectivity index (χ2v) is 21.1. The molecular formula is C35H34N7O17S5+. The van der Waals surface area contributed by atoms with Crippen LogP contribution in [-0.2, 0) is 55.4 Å². The number of aldehydes is 1. The highest BCUT2D eigenvalue weighted by Gasteiger charge is 2.40. The van der Waals surface area contributed by atoms with Gasteiger partial charge < -0.3 is 16.2 Å². The predicted molar refractivity (Wildman–Crippen MR) is 223 cm³/mol. The minimum absolute atomic E-state index is 0.145. The second-order valence-electron chi connectivity index (χ2n) is 13.6. The van der Waals surface area contributed by atoms with E-state index in [1.165, 1.54) is 60.3 Å². The molecule has 3 unspecified atom stereocenters. The van der Waals surface area contributed by atoms with E-state index < -0.39 is 111 Å². The molecule has 3 atom stereocenters. The summed E-state index contributed by atoms with van der Waals surface area (Å²) >= 11 is 0. The summed E-state index contributed by atoms with van der Waals surface area (Å²) in [6.45, 7) is 3.11. The van der Waals surface area contributed by atoms with Gasteiger partial charge in [-0.15, -0.1) is 15.3 Å². The number of hydrogen-bond acceptors (Lipinski definition) is 19. The number of sulfone groups is 1. The number of amides is 1. The van der Waals surface area contributed by atoms with E-state index in [9.17, 15) is 65.9 Å². The van der Waals surface area contributed by atoms with Crippen molar-refractivity contribution in [3.63, 3.8) is 0 Å². The van der Waals surface area contributed by atoms with Crippen molar-refractivity contribution in [1.82, 2.24) is 5.32 Å². The Hall–Kier alpha value is -6.18. The summed E-state index contributed by atoms with van der Waals surface area (Å²) in [6.07, 6.45) is 1.26. The van der Waals surface area contributed by atoms with Crippen LogP contribution in [0.3, 0.4) is 0 Å². The highest BCUT2D eigenvalue weighted by molar-refractivity contribution is 7.91. The number of fused-ring (bicyclic) bond motifs is 1. The first-order valence-corrected chi connectivity index (χ1v) is 24.5. The average molecular weight is 985 g/mol. The third-order valence-corrected chi connectivity index (χ3v) is 14.9. The molecule has 0 saturated carbocycles. The molecule has 0 radical (unpaired) electrons. The monoisotopic (exact) mass is 984 g/mol. The number of thiol groups is 1. The first-order valence-electron chi connectivity index (χ1n) is 17.5. The molecule has 0 aliphatic heterocycles. The topological polar surface area (TPSA) is 386 Å². The van der Waals surface area contributed by atoms with Crippen LogP contribution in [0.2, 0.25) is 0 Å². The molecule has 29 heteroatoms. The van der Waals surface area contributed by atoms with E-state index >= 15 is 0 Å². The Morgan fingerprint density at radius 2 is 1.48 bits per heavy atom. The maximum atomic E-state index is 13.5. The SMILES string of the molecule is CC(OS(=O)(=O)O)C(C)(NC(=O)c1cccc(N=Nc2c(S(=O)(=O)O)cc3c(/N=N\c4ccc(S(=O)(=O)C(C)[n+]5cccc(C=O)c5)cc4S(=O)(=O)O)c(N)ccc3c2O)c1)[SH](=O)=O. The maximum Gasteiger partial charge on any atom is 0.397 e. The van der Waals surface area contributed by atoms with Gasteiger partial charge >= 0.3 is 10.4 Å². The number of aromatic hydroxyl groups is 1. The quantitative estimate of drug-likeness (QED) is 0.0184. The number of nitrogen functional groups attached to an aromatic ring is 1. The molecule has 24 nitrogen and oxygen atoms in total. The summed E-state index contributed by atoms with van der Waals surface area (Å²) < 4.78 is 159. The van der Waals surface area contributed by atoms with Gasteiger partial charge in [0.15, 0.2) is 40.0 Å². The molecule has 64 heavy (non-hydrogen) atoms. The highest BCUT2D eigenvalue weighted by Crippen LogP contribution is 2.46. The highest BCUT2D eigenvalue weighted by atomic mass is 32.3. The molecule has 1 aromatic heterocycles. The van der Waals surface area contributed by atoms with Crippen LogP contribution in [0.1, 0.15) is 46.9 Å². The number of azo groups is 2. The van der Waals surface area contributed by atoms with Crippen molar-refractivity contribution >= 4 is 103 Å². The smallest absolute Gasteiger partial charge is 0.397 e. The number of carbonyl (C=O) groups is 2. The summed E-state index contributed by atoms with van der Waals surface area (Å²) in [5.41, 5.74) is 3.56. The van der Waals surface area contributed by atoms with Gasteiger partial charge in [-0.25, -0.2) is 21.0 Å². The van der Waals surface area contributed by atoms with Gasteiger partial charge in [-0.05, 0) is 74.5 Å². The van der Waals surface area contributed by atoms with Crippen molar-refractivity contribution < 1.29 is 79.2 Å². The van der Waals surface area contributed by atoms with Gasteiger partial charge in [-0.3, -0.25) is 23.2 Å². The van der Waals surface area contributed by atoms with Gasteiger partial charge in [0.25, 0.3) is 31.5 Å². The van der Waals surface area contributed by atoms with Gasteiger partial charge in [0.05, 0.1) is 21.8 Å². The average Bonchev–Trinajstić information content (AvgIpc) is 3.21. The first kappa shape index (κ1) is 48.8. The Morgan fingerprint density at radius 1 is 0.828 bits per heavy atom. The second kappa shape index (κ2) is 18.1. The summed E-state index contributed by atoms with van der Waals surface area (Å²) in [4.78, 5) is 19.2. The number of phenolic OH excluding ortho intramolecular Hbond substituents is 1. The molecule has 1 amide bonds.